The van der Waals surface area contributed by atoms with E-state index in [0.717, 1.165) is 30.8 Å². The smallest absolute Gasteiger partial charge is 0.268 e. The zero-order chi connectivity index (χ0) is 25.7. The Morgan fingerprint density at radius 2 is 1.92 bits per heavy atom. The molecule has 1 aliphatic rings. The van der Waals surface area contributed by atoms with Gasteiger partial charge in [-0.1, -0.05) is 16.8 Å². The van der Waals surface area contributed by atoms with Crippen molar-refractivity contribution in [3.8, 4) is 10.6 Å². The molecule has 1 saturated heterocycles. The first-order chi connectivity index (χ1) is 17.4. The molecule has 11 heteroatoms. The van der Waals surface area contributed by atoms with Gasteiger partial charge in [0.25, 0.3) is 11.8 Å². The summed E-state index contributed by atoms with van der Waals surface area (Å²) in [5.74, 6) is 0.0934. The van der Waals surface area contributed by atoms with Crippen LogP contribution in [0.3, 0.4) is 0 Å². The van der Waals surface area contributed by atoms with Crippen molar-refractivity contribution in [3.63, 3.8) is 0 Å². The van der Waals surface area contributed by atoms with Crippen LogP contribution in [-0.4, -0.2) is 71.9 Å². The molecule has 4 rings (SSSR count). The molecule has 194 valence electrons. The molecule has 1 fully saturated rings. The monoisotopic (exact) mass is 533 g/mol. The standard InChI is InChI=1S/C25H32ClN5O4S/c1-16(2)30-11-8-17(9-12-30)28-25(33)20-5-4-19(24(32)27-10-13-34-3)31(20)15-18-14-21(35-29-18)22-6-7-23(26)36-22/h4-7,14,16-17H,8-13,15H2,1-3H3,(H,27,32)(H,28,33). The van der Waals surface area contributed by atoms with Gasteiger partial charge in [0, 0.05) is 44.9 Å². The first-order valence-electron chi connectivity index (χ1n) is 12.1. The van der Waals surface area contributed by atoms with Crippen LogP contribution in [0.15, 0.2) is 34.9 Å². The van der Waals surface area contributed by atoms with E-state index < -0.39 is 0 Å². The van der Waals surface area contributed by atoms with E-state index in [9.17, 15) is 9.59 Å². The molecule has 3 aromatic rings. The topological polar surface area (TPSA) is 102 Å². The highest BCUT2D eigenvalue weighted by Gasteiger charge is 2.25. The fraction of sp³-hybridized carbons (Fsp3) is 0.480. The minimum Gasteiger partial charge on any atom is -0.383 e. The number of ether oxygens (including phenoxy) is 1. The van der Waals surface area contributed by atoms with E-state index in [2.05, 4.69) is 34.5 Å². The van der Waals surface area contributed by atoms with Gasteiger partial charge in [-0.25, -0.2) is 0 Å². The summed E-state index contributed by atoms with van der Waals surface area (Å²) < 4.78 is 12.9. The molecule has 2 N–H and O–H groups in total. The number of hydrogen-bond donors (Lipinski definition) is 2. The van der Waals surface area contributed by atoms with Crippen LogP contribution >= 0.6 is 22.9 Å². The summed E-state index contributed by atoms with van der Waals surface area (Å²) >= 11 is 7.44. The Bertz CT molecular complexity index is 1180. The Labute approximate surface area is 219 Å². The van der Waals surface area contributed by atoms with E-state index in [-0.39, 0.29) is 24.4 Å². The first kappa shape index (κ1) is 26.4. The number of nitrogens with one attached hydrogen (secondary N) is 2. The van der Waals surface area contributed by atoms with Crippen molar-refractivity contribution in [1.82, 2.24) is 25.3 Å². The molecule has 0 spiro atoms. The lowest BCUT2D eigenvalue weighted by Gasteiger charge is -2.34. The van der Waals surface area contributed by atoms with Gasteiger partial charge in [-0.15, -0.1) is 11.3 Å². The van der Waals surface area contributed by atoms with Gasteiger partial charge in [-0.3, -0.25) is 9.59 Å². The molecule has 0 saturated carbocycles. The number of halogens is 1. The maximum Gasteiger partial charge on any atom is 0.268 e. The highest BCUT2D eigenvalue weighted by atomic mass is 35.5. The Morgan fingerprint density at radius 3 is 2.56 bits per heavy atom. The third-order valence-corrected chi connectivity index (χ3v) is 7.57. The van der Waals surface area contributed by atoms with E-state index in [1.54, 1.807) is 35.9 Å². The van der Waals surface area contributed by atoms with Crippen molar-refractivity contribution >= 4 is 34.8 Å². The lowest BCUT2D eigenvalue weighted by atomic mass is 10.0. The average Bonchev–Trinajstić information content (AvgIpc) is 3.60. The maximum atomic E-state index is 13.3. The van der Waals surface area contributed by atoms with E-state index in [1.165, 1.54) is 11.3 Å². The number of amides is 2. The second kappa shape index (κ2) is 12.1. The highest BCUT2D eigenvalue weighted by molar-refractivity contribution is 7.19. The summed E-state index contributed by atoms with van der Waals surface area (Å²) in [4.78, 5) is 29.5. The van der Waals surface area contributed by atoms with E-state index >= 15 is 0 Å². The number of piperidine rings is 1. The molecule has 0 radical (unpaired) electrons. The van der Waals surface area contributed by atoms with E-state index in [4.69, 9.17) is 20.9 Å². The largest absolute Gasteiger partial charge is 0.383 e. The summed E-state index contributed by atoms with van der Waals surface area (Å²) in [5.41, 5.74) is 1.37. The number of rotatable bonds is 10. The van der Waals surface area contributed by atoms with Gasteiger partial charge in [0.05, 0.1) is 22.4 Å². The van der Waals surface area contributed by atoms with Crippen LogP contribution in [-0.2, 0) is 11.3 Å². The molecular weight excluding hydrogens is 502 g/mol. The average molecular weight is 534 g/mol. The zero-order valence-electron chi connectivity index (χ0n) is 20.8. The van der Waals surface area contributed by atoms with Gasteiger partial charge in [-0.05, 0) is 51.0 Å². The number of methoxy groups -OCH3 is 1. The predicted molar refractivity (Wildman–Crippen MR) is 140 cm³/mol. The van der Waals surface area contributed by atoms with Gasteiger partial charge in [-0.2, -0.15) is 0 Å². The Hall–Kier alpha value is -2.66. The number of thiophene rings is 1. The minimum atomic E-state index is -0.287. The second-order valence-corrected chi connectivity index (χ2v) is 10.8. The molecule has 0 aromatic carbocycles. The van der Waals surface area contributed by atoms with Crippen LogP contribution in [0.1, 0.15) is 53.4 Å². The third kappa shape index (κ3) is 6.36. The summed E-state index contributed by atoms with van der Waals surface area (Å²) in [7, 11) is 1.58. The quantitative estimate of drug-likeness (QED) is 0.383. The molecule has 4 heterocycles. The fourth-order valence-electron chi connectivity index (χ4n) is 4.32. The van der Waals surface area contributed by atoms with Gasteiger partial charge in [0.2, 0.25) is 0 Å². The van der Waals surface area contributed by atoms with Crippen LogP contribution in [0.5, 0.6) is 0 Å². The van der Waals surface area contributed by atoms with Crippen molar-refractivity contribution in [3.05, 3.63) is 51.7 Å². The minimum absolute atomic E-state index is 0.0945. The lowest BCUT2D eigenvalue weighted by molar-refractivity contribution is 0.0890. The van der Waals surface area contributed by atoms with Crippen LogP contribution in [0.25, 0.3) is 10.6 Å². The van der Waals surface area contributed by atoms with Gasteiger partial charge < -0.3 is 29.4 Å². The summed E-state index contributed by atoms with van der Waals surface area (Å²) in [5, 5.41) is 10.2. The zero-order valence-corrected chi connectivity index (χ0v) is 22.3. The number of carbonyl (C=O) groups is 2. The second-order valence-electron chi connectivity index (χ2n) is 9.10. The van der Waals surface area contributed by atoms with Gasteiger partial charge in [0.15, 0.2) is 5.76 Å². The number of aromatic nitrogens is 2. The van der Waals surface area contributed by atoms with Gasteiger partial charge >= 0.3 is 0 Å². The SMILES string of the molecule is COCCNC(=O)c1ccc(C(=O)NC2CCN(C(C)C)CC2)n1Cc1cc(-c2ccc(Cl)s2)on1. The molecule has 2 amide bonds. The maximum absolute atomic E-state index is 13.3. The number of carbonyl (C=O) groups excluding carboxylic acids is 2. The third-order valence-electron chi connectivity index (χ3n) is 6.33. The molecule has 0 atom stereocenters. The number of nitrogens with zero attached hydrogens (tertiary/aromatic N) is 3. The van der Waals surface area contributed by atoms with Crippen molar-refractivity contribution in [2.24, 2.45) is 0 Å². The van der Waals surface area contributed by atoms with Crippen molar-refractivity contribution in [2.75, 3.05) is 33.4 Å². The predicted octanol–water partition coefficient (Wildman–Crippen LogP) is 3.89. The van der Waals surface area contributed by atoms with Crippen molar-refractivity contribution < 1.29 is 18.8 Å². The van der Waals surface area contributed by atoms with Gasteiger partial charge in [0.1, 0.15) is 17.1 Å². The molecule has 0 unspecified atom stereocenters. The van der Waals surface area contributed by atoms with Crippen molar-refractivity contribution in [2.45, 2.75) is 45.3 Å². The first-order valence-corrected chi connectivity index (χ1v) is 13.3. The molecule has 0 bridgehead atoms. The number of hydrogen-bond acceptors (Lipinski definition) is 7. The van der Waals surface area contributed by atoms with Crippen LogP contribution in [0.2, 0.25) is 4.34 Å². The molecule has 3 aromatic heterocycles. The summed E-state index contributed by atoms with van der Waals surface area (Å²) in [6, 6.07) is 9.41. The molecule has 0 aliphatic carbocycles. The van der Waals surface area contributed by atoms with Crippen LogP contribution in [0.4, 0.5) is 0 Å². The molecule has 1 aliphatic heterocycles. The molecular formula is C25H32ClN5O4S. The lowest BCUT2D eigenvalue weighted by Crippen LogP contribution is -2.47. The van der Waals surface area contributed by atoms with Crippen molar-refractivity contribution in [1.29, 1.82) is 0 Å². The normalized spacial score (nSPS) is 14.9. The summed E-state index contributed by atoms with van der Waals surface area (Å²) in [6.45, 7) is 7.24. The van der Waals surface area contributed by atoms with Crippen LogP contribution < -0.4 is 10.6 Å². The Balaban J connectivity index is 1.53. The number of likely N-dealkylation sites (tertiary alicyclic amines) is 1. The molecule has 9 nitrogen and oxygen atoms in total. The Morgan fingerprint density at radius 1 is 1.19 bits per heavy atom. The fourth-order valence-corrected chi connectivity index (χ4v) is 5.31. The Kier molecular flexibility index (Phi) is 8.84. The molecule has 36 heavy (non-hydrogen) atoms. The van der Waals surface area contributed by atoms with E-state index in [1.807, 2.05) is 6.07 Å². The highest BCUT2D eigenvalue weighted by Crippen LogP contribution is 2.31. The van der Waals surface area contributed by atoms with E-state index in [0.29, 0.717) is 46.4 Å². The summed E-state index contributed by atoms with van der Waals surface area (Å²) in [6.07, 6.45) is 1.79. The van der Waals surface area contributed by atoms with Crippen LogP contribution in [0, 0.1) is 0 Å².